The van der Waals surface area contributed by atoms with Gasteiger partial charge in [-0.2, -0.15) is 0 Å². The third kappa shape index (κ3) is 5.26. The molecule has 0 aliphatic carbocycles. The Hall–Kier alpha value is -2.47. The Morgan fingerprint density at radius 2 is 2.04 bits per heavy atom. The number of imidazole rings is 1. The Bertz CT molecular complexity index is 881. The summed E-state index contributed by atoms with van der Waals surface area (Å²) in [6.45, 7) is 1.20. The number of halogens is 2. The Balaban J connectivity index is 1.49. The van der Waals surface area contributed by atoms with Gasteiger partial charge in [0.05, 0.1) is 6.33 Å². The van der Waals surface area contributed by atoms with Crippen molar-refractivity contribution in [3.63, 3.8) is 0 Å². The van der Waals surface area contributed by atoms with Crippen LogP contribution in [0.1, 0.15) is 23.1 Å². The van der Waals surface area contributed by atoms with Crippen LogP contribution in [0, 0.1) is 5.82 Å². The number of aryl methyl sites for hydroxylation is 1. The molecular weight excluding hydrogens is 397 g/mol. The minimum atomic E-state index is -0.292. The van der Waals surface area contributed by atoms with Gasteiger partial charge in [-0.3, -0.25) is 4.79 Å². The van der Waals surface area contributed by atoms with Crippen LogP contribution in [0.5, 0.6) is 0 Å². The van der Waals surface area contributed by atoms with Gasteiger partial charge in [0.1, 0.15) is 5.82 Å². The summed E-state index contributed by atoms with van der Waals surface area (Å²) in [5.74, 6) is -0.383. The highest BCUT2D eigenvalue weighted by Gasteiger charge is 2.07. The summed E-state index contributed by atoms with van der Waals surface area (Å²) in [5, 5.41) is 2.90. The van der Waals surface area contributed by atoms with Crippen LogP contribution in [0.3, 0.4) is 0 Å². The molecule has 26 heavy (non-hydrogen) atoms. The number of hydrogen-bond acceptors (Lipinski definition) is 2. The molecular formula is C20H19BrFN3O. The van der Waals surface area contributed by atoms with Crippen LogP contribution in [0.2, 0.25) is 0 Å². The maximum absolute atomic E-state index is 13.8. The molecule has 4 nitrogen and oxygen atoms in total. The minimum absolute atomic E-state index is 0.0904. The van der Waals surface area contributed by atoms with E-state index in [1.807, 2.05) is 29.0 Å². The Morgan fingerprint density at radius 1 is 1.19 bits per heavy atom. The molecule has 1 aromatic heterocycles. The SMILES string of the molecule is O=C(CCc1ccc(Br)cc1F)NCc1cccc(Cn2ccnc2)c1. The van der Waals surface area contributed by atoms with Crippen molar-refractivity contribution in [3.8, 4) is 0 Å². The fourth-order valence-corrected chi connectivity index (χ4v) is 3.02. The molecule has 0 atom stereocenters. The number of amides is 1. The molecule has 1 amide bonds. The maximum Gasteiger partial charge on any atom is 0.220 e. The first-order valence-electron chi connectivity index (χ1n) is 8.34. The summed E-state index contributed by atoms with van der Waals surface area (Å²) in [4.78, 5) is 16.1. The van der Waals surface area contributed by atoms with Gasteiger partial charge in [-0.05, 0) is 35.2 Å². The number of nitrogens with one attached hydrogen (secondary N) is 1. The van der Waals surface area contributed by atoms with Gasteiger partial charge in [-0.25, -0.2) is 9.37 Å². The highest BCUT2D eigenvalue weighted by Crippen LogP contribution is 2.16. The second-order valence-corrected chi connectivity index (χ2v) is 6.98. The summed E-state index contributed by atoms with van der Waals surface area (Å²) < 4.78 is 16.5. The first-order valence-corrected chi connectivity index (χ1v) is 9.13. The summed E-state index contributed by atoms with van der Waals surface area (Å²) in [5.41, 5.74) is 2.73. The highest BCUT2D eigenvalue weighted by atomic mass is 79.9. The summed E-state index contributed by atoms with van der Waals surface area (Å²) in [6, 6.07) is 13.0. The molecule has 0 aliphatic rings. The number of hydrogen-bond donors (Lipinski definition) is 1. The molecule has 2 aromatic carbocycles. The third-order valence-electron chi connectivity index (χ3n) is 4.04. The van der Waals surface area contributed by atoms with Gasteiger partial charge < -0.3 is 9.88 Å². The van der Waals surface area contributed by atoms with E-state index in [1.54, 1.807) is 24.7 Å². The van der Waals surface area contributed by atoms with E-state index >= 15 is 0 Å². The largest absolute Gasteiger partial charge is 0.352 e. The lowest BCUT2D eigenvalue weighted by molar-refractivity contribution is -0.121. The number of carbonyl (C=O) groups excluding carboxylic acids is 1. The summed E-state index contributed by atoms with van der Waals surface area (Å²) >= 11 is 3.23. The average Bonchev–Trinajstić information content (AvgIpc) is 3.12. The van der Waals surface area contributed by atoms with E-state index in [0.717, 1.165) is 17.7 Å². The van der Waals surface area contributed by atoms with E-state index in [2.05, 4.69) is 32.3 Å². The van der Waals surface area contributed by atoms with Gasteiger partial charge in [0.25, 0.3) is 0 Å². The van der Waals surface area contributed by atoms with E-state index in [-0.39, 0.29) is 18.1 Å². The van der Waals surface area contributed by atoms with Crippen molar-refractivity contribution < 1.29 is 9.18 Å². The van der Waals surface area contributed by atoms with Gasteiger partial charge in [-0.1, -0.05) is 46.3 Å². The fourth-order valence-electron chi connectivity index (χ4n) is 2.69. The number of benzene rings is 2. The molecule has 1 N–H and O–H groups in total. The molecule has 0 aliphatic heterocycles. The van der Waals surface area contributed by atoms with Crippen LogP contribution in [0.15, 0.2) is 65.7 Å². The molecule has 3 aromatic rings. The van der Waals surface area contributed by atoms with Gasteiger partial charge in [0.2, 0.25) is 5.91 Å². The van der Waals surface area contributed by atoms with E-state index in [1.165, 1.54) is 6.07 Å². The van der Waals surface area contributed by atoms with Crippen molar-refractivity contribution in [1.82, 2.24) is 14.9 Å². The van der Waals surface area contributed by atoms with E-state index in [9.17, 15) is 9.18 Å². The monoisotopic (exact) mass is 415 g/mol. The Kier molecular flexibility index (Phi) is 6.17. The van der Waals surface area contributed by atoms with Crippen molar-refractivity contribution in [2.24, 2.45) is 0 Å². The maximum atomic E-state index is 13.8. The topological polar surface area (TPSA) is 46.9 Å². The van der Waals surface area contributed by atoms with Crippen LogP contribution in [-0.2, 0) is 24.3 Å². The number of rotatable bonds is 7. The second kappa shape index (κ2) is 8.76. The lowest BCUT2D eigenvalue weighted by Gasteiger charge is -2.08. The molecule has 0 spiro atoms. The molecule has 134 valence electrons. The minimum Gasteiger partial charge on any atom is -0.352 e. The smallest absolute Gasteiger partial charge is 0.220 e. The second-order valence-electron chi connectivity index (χ2n) is 6.07. The van der Waals surface area contributed by atoms with Crippen LogP contribution >= 0.6 is 15.9 Å². The zero-order valence-corrected chi connectivity index (χ0v) is 15.7. The van der Waals surface area contributed by atoms with Crippen LogP contribution in [-0.4, -0.2) is 15.5 Å². The Labute approximate surface area is 160 Å². The fraction of sp³-hybridized carbons (Fsp3) is 0.200. The lowest BCUT2D eigenvalue weighted by atomic mass is 10.1. The van der Waals surface area contributed by atoms with E-state index < -0.39 is 0 Å². The predicted octanol–water partition coefficient (Wildman–Crippen LogP) is 4.08. The predicted molar refractivity (Wildman–Crippen MR) is 102 cm³/mol. The van der Waals surface area contributed by atoms with Crippen molar-refractivity contribution in [2.45, 2.75) is 25.9 Å². The van der Waals surface area contributed by atoms with Gasteiger partial charge >= 0.3 is 0 Å². The zero-order valence-electron chi connectivity index (χ0n) is 14.2. The number of nitrogens with zero attached hydrogens (tertiary/aromatic N) is 2. The first kappa shape index (κ1) is 18.3. The molecule has 3 rings (SSSR count). The van der Waals surface area contributed by atoms with Crippen LogP contribution in [0.4, 0.5) is 4.39 Å². The molecule has 0 fully saturated rings. The zero-order chi connectivity index (χ0) is 18.4. The van der Waals surface area contributed by atoms with Gasteiger partial charge in [0, 0.05) is 36.4 Å². The van der Waals surface area contributed by atoms with Crippen molar-refractivity contribution in [1.29, 1.82) is 0 Å². The van der Waals surface area contributed by atoms with Gasteiger partial charge in [-0.15, -0.1) is 0 Å². The molecule has 0 saturated carbocycles. The molecule has 0 bridgehead atoms. The lowest BCUT2D eigenvalue weighted by Crippen LogP contribution is -2.23. The van der Waals surface area contributed by atoms with E-state index in [4.69, 9.17) is 0 Å². The number of carbonyl (C=O) groups is 1. The molecule has 0 unspecified atom stereocenters. The normalized spacial score (nSPS) is 10.7. The van der Waals surface area contributed by atoms with Gasteiger partial charge in [0.15, 0.2) is 0 Å². The average molecular weight is 416 g/mol. The van der Waals surface area contributed by atoms with Crippen LogP contribution < -0.4 is 5.32 Å². The van der Waals surface area contributed by atoms with Crippen molar-refractivity contribution in [2.75, 3.05) is 0 Å². The quantitative estimate of drug-likeness (QED) is 0.631. The summed E-state index contributed by atoms with van der Waals surface area (Å²) in [7, 11) is 0. The Morgan fingerprint density at radius 3 is 2.81 bits per heavy atom. The van der Waals surface area contributed by atoms with Crippen LogP contribution in [0.25, 0.3) is 0 Å². The third-order valence-corrected chi connectivity index (χ3v) is 4.54. The first-order chi connectivity index (χ1) is 12.6. The molecule has 0 radical (unpaired) electrons. The number of aromatic nitrogens is 2. The summed E-state index contributed by atoms with van der Waals surface area (Å²) in [6.07, 6.45) is 6.07. The van der Waals surface area contributed by atoms with Crippen molar-refractivity contribution in [3.05, 3.63) is 88.2 Å². The molecule has 6 heteroatoms. The van der Waals surface area contributed by atoms with E-state index in [0.29, 0.717) is 23.0 Å². The molecule has 0 saturated heterocycles. The molecule has 1 heterocycles. The highest BCUT2D eigenvalue weighted by molar-refractivity contribution is 9.10. The standard InChI is InChI=1S/C20H19BrFN3O/c21-18-6-4-17(19(22)11-18)5-7-20(26)24-12-15-2-1-3-16(10-15)13-25-9-8-23-14-25/h1-4,6,8-11,14H,5,7,12-13H2,(H,24,26). The van der Waals surface area contributed by atoms with Crippen molar-refractivity contribution >= 4 is 21.8 Å².